The zero-order chi connectivity index (χ0) is 15.5. The molecule has 1 fully saturated rings. The summed E-state index contributed by atoms with van der Waals surface area (Å²) in [6.07, 6.45) is 1.68. The molecule has 0 bridgehead atoms. The molecule has 3 rings (SSSR count). The number of hydrogen-bond donors (Lipinski definition) is 1. The molecule has 2 heterocycles. The summed E-state index contributed by atoms with van der Waals surface area (Å²) in [6.45, 7) is 4.18. The molecule has 0 saturated carbocycles. The van der Waals surface area contributed by atoms with Crippen LogP contribution in [-0.2, 0) is 4.79 Å². The van der Waals surface area contributed by atoms with Crippen molar-refractivity contribution in [2.75, 3.05) is 5.75 Å². The summed E-state index contributed by atoms with van der Waals surface area (Å²) in [5.41, 5.74) is 4.51. The molecular formula is C16H16N4OS. The minimum atomic E-state index is -0.0271. The highest BCUT2D eigenvalue weighted by Gasteiger charge is 2.15. The summed E-state index contributed by atoms with van der Waals surface area (Å²) in [5, 5.41) is 11.2. The van der Waals surface area contributed by atoms with Crippen molar-refractivity contribution >= 4 is 29.1 Å². The Kier molecular flexibility index (Phi) is 4.11. The summed E-state index contributed by atoms with van der Waals surface area (Å²) in [4.78, 5) is 11.0. The molecule has 1 N–H and O–H groups in total. The molecule has 1 saturated heterocycles. The molecule has 0 spiro atoms. The van der Waals surface area contributed by atoms with E-state index in [9.17, 15) is 4.79 Å². The lowest BCUT2D eigenvalue weighted by molar-refractivity contribution is -0.116. The number of benzene rings is 1. The number of nitrogens with zero attached hydrogens (tertiary/aromatic N) is 3. The Balaban J connectivity index is 1.73. The molecule has 1 aromatic carbocycles. The van der Waals surface area contributed by atoms with Gasteiger partial charge in [-0.05, 0) is 43.7 Å². The Morgan fingerprint density at radius 3 is 2.41 bits per heavy atom. The number of aryl methyl sites for hydroxylation is 2. The van der Waals surface area contributed by atoms with Gasteiger partial charge < -0.3 is 9.88 Å². The van der Waals surface area contributed by atoms with Crippen molar-refractivity contribution in [1.29, 1.82) is 0 Å². The summed E-state index contributed by atoms with van der Waals surface area (Å²) >= 11 is 1.36. The standard InChI is InChI=1S/C16H16N4OS/c1-11-3-4-12(2)20(11)14-7-5-13(6-8-14)9-17-19-16-18-15(21)10-22-16/h3-9H,10H2,1-2H3,(H,18,19,21). The first-order valence-corrected chi connectivity index (χ1v) is 7.91. The Hall–Kier alpha value is -2.34. The molecule has 0 radical (unpaired) electrons. The fourth-order valence-corrected chi connectivity index (χ4v) is 2.94. The molecule has 0 atom stereocenters. The fraction of sp³-hybridized carbons (Fsp3) is 0.188. The Morgan fingerprint density at radius 1 is 1.14 bits per heavy atom. The number of amidine groups is 1. The average molecular weight is 312 g/mol. The van der Waals surface area contributed by atoms with Crippen molar-refractivity contribution < 1.29 is 4.79 Å². The van der Waals surface area contributed by atoms with E-state index >= 15 is 0 Å². The van der Waals surface area contributed by atoms with Gasteiger partial charge in [0, 0.05) is 17.1 Å². The Bertz CT molecular complexity index is 739. The van der Waals surface area contributed by atoms with E-state index in [1.54, 1.807) is 6.21 Å². The molecule has 1 aliphatic rings. The quantitative estimate of drug-likeness (QED) is 0.699. The van der Waals surface area contributed by atoms with Crippen molar-refractivity contribution in [2.24, 2.45) is 10.2 Å². The van der Waals surface area contributed by atoms with Gasteiger partial charge in [0.2, 0.25) is 5.91 Å². The summed E-state index contributed by atoms with van der Waals surface area (Å²) < 4.78 is 2.20. The molecular weight excluding hydrogens is 296 g/mol. The second-order valence-corrected chi connectivity index (χ2v) is 5.99. The SMILES string of the molecule is Cc1ccc(C)n1-c1ccc(C=NN=C2NC(=O)CS2)cc1. The molecule has 1 aromatic heterocycles. The van der Waals surface area contributed by atoms with Crippen LogP contribution in [0.15, 0.2) is 46.6 Å². The van der Waals surface area contributed by atoms with Gasteiger partial charge >= 0.3 is 0 Å². The van der Waals surface area contributed by atoms with Crippen molar-refractivity contribution in [2.45, 2.75) is 13.8 Å². The summed E-state index contributed by atoms with van der Waals surface area (Å²) in [5.74, 6) is 0.388. The van der Waals surface area contributed by atoms with Gasteiger partial charge in [-0.3, -0.25) is 4.79 Å². The van der Waals surface area contributed by atoms with Crippen LogP contribution >= 0.6 is 11.8 Å². The topological polar surface area (TPSA) is 58.8 Å². The van der Waals surface area contributed by atoms with Crippen LogP contribution in [0.25, 0.3) is 5.69 Å². The Labute approximate surface area is 133 Å². The van der Waals surface area contributed by atoms with Crippen LogP contribution in [0.4, 0.5) is 0 Å². The maximum atomic E-state index is 11.0. The minimum Gasteiger partial charge on any atom is -0.319 e. The smallest absolute Gasteiger partial charge is 0.236 e. The van der Waals surface area contributed by atoms with E-state index < -0.39 is 0 Å². The lowest BCUT2D eigenvalue weighted by atomic mass is 10.2. The first-order chi connectivity index (χ1) is 10.6. The number of amides is 1. The lowest BCUT2D eigenvalue weighted by Gasteiger charge is -2.09. The minimum absolute atomic E-state index is 0.0271. The summed E-state index contributed by atoms with van der Waals surface area (Å²) in [7, 11) is 0. The largest absolute Gasteiger partial charge is 0.319 e. The molecule has 1 amide bonds. The number of hydrogen-bond acceptors (Lipinski definition) is 4. The molecule has 0 unspecified atom stereocenters. The highest BCUT2D eigenvalue weighted by atomic mass is 32.2. The van der Waals surface area contributed by atoms with E-state index in [0.29, 0.717) is 10.9 Å². The van der Waals surface area contributed by atoms with E-state index in [1.165, 1.54) is 23.1 Å². The van der Waals surface area contributed by atoms with E-state index in [4.69, 9.17) is 0 Å². The third-order valence-electron chi connectivity index (χ3n) is 3.36. The predicted octanol–water partition coefficient (Wildman–Crippen LogP) is 2.65. The molecule has 112 valence electrons. The van der Waals surface area contributed by atoms with Gasteiger partial charge in [0.15, 0.2) is 5.17 Å². The number of rotatable bonds is 3. The number of thioether (sulfide) groups is 1. The molecule has 0 aliphatic carbocycles. The molecule has 5 nitrogen and oxygen atoms in total. The van der Waals surface area contributed by atoms with Crippen molar-refractivity contribution in [3.05, 3.63) is 53.3 Å². The highest BCUT2D eigenvalue weighted by molar-refractivity contribution is 8.15. The summed E-state index contributed by atoms with van der Waals surface area (Å²) in [6, 6.07) is 12.3. The van der Waals surface area contributed by atoms with Crippen LogP contribution < -0.4 is 5.32 Å². The number of aromatic nitrogens is 1. The lowest BCUT2D eigenvalue weighted by Crippen LogP contribution is -2.19. The first kappa shape index (κ1) is 14.6. The number of carbonyl (C=O) groups excluding carboxylic acids is 1. The van der Waals surface area contributed by atoms with Crippen molar-refractivity contribution in [3.63, 3.8) is 0 Å². The third-order valence-corrected chi connectivity index (χ3v) is 4.23. The second-order valence-electron chi connectivity index (χ2n) is 5.03. The van der Waals surface area contributed by atoms with Gasteiger partial charge in [-0.2, -0.15) is 5.10 Å². The molecule has 22 heavy (non-hydrogen) atoms. The van der Waals surface area contributed by atoms with E-state index in [-0.39, 0.29) is 5.91 Å². The van der Waals surface area contributed by atoms with Crippen LogP contribution in [0.5, 0.6) is 0 Å². The average Bonchev–Trinajstić information content (AvgIpc) is 3.06. The van der Waals surface area contributed by atoms with Gasteiger partial charge in [-0.15, -0.1) is 5.10 Å². The van der Waals surface area contributed by atoms with Crippen molar-refractivity contribution in [1.82, 2.24) is 9.88 Å². The van der Waals surface area contributed by atoms with Crippen LogP contribution in [-0.4, -0.2) is 27.6 Å². The number of nitrogens with one attached hydrogen (secondary N) is 1. The molecule has 2 aromatic rings. The first-order valence-electron chi connectivity index (χ1n) is 6.92. The normalized spacial score (nSPS) is 16.6. The molecule has 6 heteroatoms. The van der Waals surface area contributed by atoms with Gasteiger partial charge in [0.25, 0.3) is 0 Å². The van der Waals surface area contributed by atoms with Gasteiger partial charge in [0.1, 0.15) is 0 Å². The second kappa shape index (κ2) is 6.19. The van der Waals surface area contributed by atoms with Crippen molar-refractivity contribution in [3.8, 4) is 5.69 Å². The zero-order valence-electron chi connectivity index (χ0n) is 12.4. The van der Waals surface area contributed by atoms with Gasteiger partial charge in [-0.1, -0.05) is 23.9 Å². The highest BCUT2D eigenvalue weighted by Crippen LogP contribution is 2.16. The van der Waals surface area contributed by atoms with E-state index in [1.807, 2.05) is 12.1 Å². The van der Waals surface area contributed by atoms with E-state index in [0.717, 1.165) is 11.3 Å². The maximum Gasteiger partial charge on any atom is 0.236 e. The predicted molar refractivity (Wildman–Crippen MR) is 90.9 cm³/mol. The Morgan fingerprint density at radius 2 is 1.82 bits per heavy atom. The monoisotopic (exact) mass is 312 g/mol. The molecule has 1 aliphatic heterocycles. The maximum absolute atomic E-state index is 11.0. The fourth-order valence-electron chi connectivity index (χ4n) is 2.31. The zero-order valence-corrected chi connectivity index (χ0v) is 13.2. The van der Waals surface area contributed by atoms with E-state index in [2.05, 4.69) is 58.2 Å². The van der Waals surface area contributed by atoms with Gasteiger partial charge in [0.05, 0.1) is 12.0 Å². The third kappa shape index (κ3) is 3.12. The van der Waals surface area contributed by atoms with Crippen LogP contribution in [0.2, 0.25) is 0 Å². The van der Waals surface area contributed by atoms with Gasteiger partial charge in [-0.25, -0.2) is 0 Å². The van der Waals surface area contributed by atoms with Crippen LogP contribution in [0.1, 0.15) is 17.0 Å². The number of carbonyl (C=O) groups is 1. The van der Waals surface area contributed by atoms with Crippen LogP contribution in [0, 0.1) is 13.8 Å². The van der Waals surface area contributed by atoms with Crippen LogP contribution in [0.3, 0.4) is 0 Å².